The van der Waals surface area contributed by atoms with Gasteiger partial charge in [0.1, 0.15) is 24.4 Å². The monoisotopic (exact) mass is 992 g/mol. The van der Waals surface area contributed by atoms with Crippen molar-refractivity contribution < 1.29 is 49.3 Å². The van der Waals surface area contributed by atoms with Gasteiger partial charge in [-0.05, 0) is 77.0 Å². The Hall–Kier alpha value is -2.12. The van der Waals surface area contributed by atoms with Crippen molar-refractivity contribution in [3.8, 4) is 0 Å². The Morgan fingerprint density at radius 1 is 0.543 bits per heavy atom. The molecule has 11 heteroatoms. The zero-order valence-corrected chi connectivity index (χ0v) is 45.1. The molecule has 1 heterocycles. The van der Waals surface area contributed by atoms with Crippen LogP contribution < -0.4 is 5.32 Å². The minimum Gasteiger partial charge on any atom is -0.454 e. The molecule has 0 aromatic carbocycles. The molecule has 0 radical (unpaired) electrons. The second-order valence-electron chi connectivity index (χ2n) is 20.4. The first kappa shape index (κ1) is 65.9. The van der Waals surface area contributed by atoms with Gasteiger partial charge in [0.2, 0.25) is 5.91 Å². The van der Waals surface area contributed by atoms with Crippen LogP contribution >= 0.6 is 0 Å². The number of allylic oxidation sites excluding steroid dienone is 5. The molecule has 1 amide bonds. The molecule has 0 aromatic rings. The van der Waals surface area contributed by atoms with Crippen molar-refractivity contribution in [2.24, 2.45) is 0 Å². The van der Waals surface area contributed by atoms with Crippen LogP contribution in [-0.4, -0.2) is 99.6 Å². The fourth-order valence-corrected chi connectivity index (χ4v) is 9.05. The third-order valence-corrected chi connectivity index (χ3v) is 13.8. The molecule has 1 aliphatic rings. The van der Waals surface area contributed by atoms with Crippen molar-refractivity contribution >= 4 is 11.9 Å². The summed E-state index contributed by atoms with van der Waals surface area (Å²) in [7, 11) is 0. The van der Waals surface area contributed by atoms with E-state index in [4.69, 9.17) is 14.2 Å². The molecule has 6 N–H and O–H groups in total. The zero-order chi connectivity index (χ0) is 51.1. The first-order valence-corrected chi connectivity index (χ1v) is 29.3. The molecule has 1 saturated heterocycles. The predicted molar refractivity (Wildman–Crippen MR) is 287 cm³/mol. The van der Waals surface area contributed by atoms with Gasteiger partial charge >= 0.3 is 5.97 Å². The average Bonchev–Trinajstić information content (AvgIpc) is 3.36. The number of amides is 1. The summed E-state index contributed by atoms with van der Waals surface area (Å²) in [5, 5.41) is 56.8. The van der Waals surface area contributed by atoms with E-state index in [0.717, 1.165) is 70.6 Å². The molecular weight excluding hydrogens is 883 g/mol. The summed E-state index contributed by atoms with van der Waals surface area (Å²) in [4.78, 5) is 26.4. The van der Waals surface area contributed by atoms with Gasteiger partial charge in [-0.25, -0.2) is 0 Å². The summed E-state index contributed by atoms with van der Waals surface area (Å²) < 4.78 is 17.6. The highest BCUT2D eigenvalue weighted by Gasteiger charge is 2.47. The first-order chi connectivity index (χ1) is 34.2. The van der Waals surface area contributed by atoms with Crippen LogP contribution in [0.2, 0.25) is 0 Å². The molecule has 1 fully saturated rings. The number of carbonyl (C=O) groups excluding carboxylic acids is 2. The van der Waals surface area contributed by atoms with Gasteiger partial charge in [-0.3, -0.25) is 9.59 Å². The summed E-state index contributed by atoms with van der Waals surface area (Å²) in [5.74, 6) is -1.21. The number of ether oxygens (including phenoxy) is 3. The van der Waals surface area contributed by atoms with Crippen molar-refractivity contribution in [1.29, 1.82) is 0 Å². The maximum Gasteiger partial charge on any atom is 0.306 e. The maximum absolute atomic E-state index is 13.4. The lowest BCUT2D eigenvalue weighted by molar-refractivity contribution is -0.305. The summed E-state index contributed by atoms with van der Waals surface area (Å²) >= 11 is 0. The van der Waals surface area contributed by atoms with Gasteiger partial charge in [-0.2, -0.15) is 0 Å². The second kappa shape index (κ2) is 47.9. The Morgan fingerprint density at radius 3 is 1.40 bits per heavy atom. The fraction of sp³-hybridized carbons (Fsp3) is 0.864. The summed E-state index contributed by atoms with van der Waals surface area (Å²) in [6, 6.07) is -1.03. The molecule has 0 aliphatic carbocycles. The highest BCUT2D eigenvalue weighted by molar-refractivity contribution is 5.80. The van der Waals surface area contributed by atoms with E-state index < -0.39 is 67.4 Å². The Morgan fingerprint density at radius 2 is 0.943 bits per heavy atom. The van der Waals surface area contributed by atoms with E-state index in [9.17, 15) is 35.1 Å². The second-order valence-corrected chi connectivity index (χ2v) is 20.4. The molecule has 0 spiro atoms. The summed E-state index contributed by atoms with van der Waals surface area (Å²) in [6.07, 6.45) is 44.7. The van der Waals surface area contributed by atoms with Crippen LogP contribution in [-0.2, 0) is 23.8 Å². The van der Waals surface area contributed by atoms with Gasteiger partial charge in [0.25, 0.3) is 0 Å². The molecule has 8 atom stereocenters. The normalized spacial score (nSPS) is 19.9. The minimum atomic E-state index is -1.61. The quantitative estimate of drug-likeness (QED) is 0.0195. The van der Waals surface area contributed by atoms with Crippen LogP contribution in [0.15, 0.2) is 36.5 Å². The summed E-state index contributed by atoms with van der Waals surface area (Å²) in [6.45, 7) is 5.76. The van der Waals surface area contributed by atoms with Crippen LogP contribution in [0.4, 0.5) is 0 Å². The number of carbonyl (C=O) groups is 2. The van der Waals surface area contributed by atoms with E-state index in [2.05, 4.69) is 50.4 Å². The number of unbranched alkanes of at least 4 members (excludes halogenated alkanes) is 31. The van der Waals surface area contributed by atoms with Gasteiger partial charge in [0.15, 0.2) is 12.4 Å². The lowest BCUT2D eigenvalue weighted by atomic mass is 9.99. The van der Waals surface area contributed by atoms with E-state index in [1.165, 1.54) is 148 Å². The molecule has 8 unspecified atom stereocenters. The number of aliphatic hydroxyl groups excluding tert-OH is 5. The standard InChI is InChI=1S/C59H109NO10/c1-4-7-10-13-16-19-22-25-26-29-32-35-38-41-44-47-54(64)70-57-56(66)55(65)53(48-61)69-59(57)68-49-50(51(62)45-42-39-36-33-30-27-23-20-17-14-11-8-5-2)60-58(67)52(63)46-43-40-37-34-31-28-24-21-18-15-12-9-6-3/h19,22,31,34,42,45,50-53,55-57,59,61-63,65-66H,4-18,20-21,23-30,32-33,35-41,43-44,46-49H2,1-3H3,(H,60,67)/b22-19-,34-31-,45-42+. The first-order valence-electron chi connectivity index (χ1n) is 29.3. The van der Waals surface area contributed by atoms with Crippen molar-refractivity contribution in [2.75, 3.05) is 13.2 Å². The Bertz CT molecular complexity index is 1280. The molecule has 0 saturated carbocycles. The Kier molecular flexibility index (Phi) is 45.1. The predicted octanol–water partition coefficient (Wildman–Crippen LogP) is 13.1. The number of aliphatic hydroxyl groups is 5. The van der Waals surface area contributed by atoms with Gasteiger partial charge < -0.3 is 45.1 Å². The van der Waals surface area contributed by atoms with Crippen LogP contribution in [0.5, 0.6) is 0 Å². The van der Waals surface area contributed by atoms with Gasteiger partial charge in [-0.15, -0.1) is 0 Å². The number of hydrogen-bond acceptors (Lipinski definition) is 10. The maximum atomic E-state index is 13.4. The number of rotatable bonds is 49. The number of nitrogens with one attached hydrogen (secondary N) is 1. The minimum absolute atomic E-state index is 0.118. The van der Waals surface area contributed by atoms with Crippen molar-refractivity contribution in [2.45, 2.75) is 314 Å². The fourth-order valence-electron chi connectivity index (χ4n) is 9.05. The van der Waals surface area contributed by atoms with Gasteiger partial charge in [-0.1, -0.05) is 218 Å². The van der Waals surface area contributed by atoms with Crippen LogP contribution in [0, 0.1) is 0 Å². The largest absolute Gasteiger partial charge is 0.454 e. The van der Waals surface area contributed by atoms with Gasteiger partial charge in [0.05, 0.1) is 25.4 Å². The molecule has 410 valence electrons. The van der Waals surface area contributed by atoms with Crippen molar-refractivity contribution in [3.63, 3.8) is 0 Å². The topological polar surface area (TPSA) is 175 Å². The third kappa shape index (κ3) is 35.9. The van der Waals surface area contributed by atoms with Crippen LogP contribution in [0.3, 0.4) is 0 Å². The molecule has 0 aromatic heterocycles. The molecule has 1 rings (SSSR count). The van der Waals surface area contributed by atoms with E-state index in [0.29, 0.717) is 12.8 Å². The molecule has 11 nitrogen and oxygen atoms in total. The molecule has 1 aliphatic heterocycles. The van der Waals surface area contributed by atoms with E-state index >= 15 is 0 Å². The Labute approximate surface area is 428 Å². The highest BCUT2D eigenvalue weighted by Crippen LogP contribution is 2.26. The summed E-state index contributed by atoms with van der Waals surface area (Å²) in [5.41, 5.74) is 0. The van der Waals surface area contributed by atoms with Crippen LogP contribution in [0.25, 0.3) is 0 Å². The SMILES string of the molecule is CCCCCC/C=C\CCCCCCCCCC(=O)OC1C(OCC(NC(=O)C(O)CCCC/C=C\CCCCCCCCC)C(O)/C=C/CCCCCCCCCCCCC)OC(CO)C(O)C1O. The Balaban J connectivity index is 2.75. The highest BCUT2D eigenvalue weighted by atomic mass is 16.7. The molecular formula is C59H109NO10. The average molecular weight is 993 g/mol. The van der Waals surface area contributed by atoms with E-state index in [1.807, 2.05) is 6.08 Å². The van der Waals surface area contributed by atoms with E-state index in [1.54, 1.807) is 6.08 Å². The zero-order valence-electron chi connectivity index (χ0n) is 45.1. The molecule has 70 heavy (non-hydrogen) atoms. The number of hydrogen-bond donors (Lipinski definition) is 6. The van der Waals surface area contributed by atoms with E-state index in [-0.39, 0.29) is 19.4 Å². The smallest absolute Gasteiger partial charge is 0.306 e. The van der Waals surface area contributed by atoms with Crippen molar-refractivity contribution in [1.82, 2.24) is 5.32 Å². The number of esters is 1. The van der Waals surface area contributed by atoms with Crippen molar-refractivity contribution in [3.05, 3.63) is 36.5 Å². The lowest BCUT2D eigenvalue weighted by Gasteiger charge is -2.41. The van der Waals surface area contributed by atoms with Gasteiger partial charge in [0, 0.05) is 6.42 Å². The molecule has 0 bridgehead atoms. The third-order valence-electron chi connectivity index (χ3n) is 13.8. The van der Waals surface area contributed by atoms with Crippen LogP contribution in [0.1, 0.15) is 265 Å². The lowest BCUT2D eigenvalue weighted by Crippen LogP contribution is -2.61.